The van der Waals surface area contributed by atoms with Crippen molar-refractivity contribution in [3.8, 4) is 0 Å². The van der Waals surface area contributed by atoms with E-state index < -0.39 is 10.8 Å². The van der Waals surface area contributed by atoms with Crippen LogP contribution in [0.15, 0.2) is 36.5 Å². The number of hydrogen-bond donors (Lipinski definition) is 1. The third kappa shape index (κ3) is 3.22. The van der Waals surface area contributed by atoms with Crippen molar-refractivity contribution in [1.29, 1.82) is 0 Å². The fourth-order valence-electron chi connectivity index (χ4n) is 2.05. The standard InChI is InChI=1S/C14H14ClN3O3/c1-9(11-5-3-4-6-12(11)15)16-14(19)13-7-10(18(20)21)8-17(13)2/h3-9H,1-2H3,(H,16,19). The number of aryl methyl sites for hydroxylation is 1. The van der Waals surface area contributed by atoms with Gasteiger partial charge in [0.15, 0.2) is 0 Å². The van der Waals surface area contributed by atoms with E-state index in [1.807, 2.05) is 12.1 Å². The normalized spacial score (nSPS) is 12.0. The molecule has 1 aromatic heterocycles. The zero-order chi connectivity index (χ0) is 15.6. The van der Waals surface area contributed by atoms with Gasteiger partial charge in [-0.3, -0.25) is 14.9 Å². The van der Waals surface area contributed by atoms with Crippen LogP contribution in [0.4, 0.5) is 5.69 Å². The van der Waals surface area contributed by atoms with Crippen molar-refractivity contribution in [1.82, 2.24) is 9.88 Å². The van der Waals surface area contributed by atoms with Crippen molar-refractivity contribution in [2.24, 2.45) is 7.05 Å². The molecule has 21 heavy (non-hydrogen) atoms. The summed E-state index contributed by atoms with van der Waals surface area (Å²) in [5.41, 5.74) is 0.893. The summed E-state index contributed by atoms with van der Waals surface area (Å²) in [7, 11) is 1.59. The number of nitrogens with one attached hydrogen (secondary N) is 1. The van der Waals surface area contributed by atoms with E-state index >= 15 is 0 Å². The SMILES string of the molecule is CC(NC(=O)c1cc([N+](=O)[O-])cn1C)c1ccccc1Cl. The second kappa shape index (κ2) is 5.97. The summed E-state index contributed by atoms with van der Waals surface area (Å²) in [6.45, 7) is 1.80. The number of amides is 1. The van der Waals surface area contributed by atoms with Crippen LogP contribution in [0, 0.1) is 10.1 Å². The molecule has 1 atom stereocenters. The Morgan fingerprint density at radius 2 is 2.10 bits per heavy atom. The van der Waals surface area contributed by atoms with Crippen LogP contribution in [-0.2, 0) is 7.05 Å². The molecular formula is C14H14ClN3O3. The van der Waals surface area contributed by atoms with Gasteiger partial charge in [-0.05, 0) is 18.6 Å². The molecule has 2 rings (SSSR count). The van der Waals surface area contributed by atoms with Gasteiger partial charge in [-0.15, -0.1) is 0 Å². The van der Waals surface area contributed by atoms with Crippen molar-refractivity contribution in [3.63, 3.8) is 0 Å². The van der Waals surface area contributed by atoms with Gasteiger partial charge >= 0.3 is 0 Å². The second-order valence-electron chi connectivity index (χ2n) is 4.67. The second-order valence-corrected chi connectivity index (χ2v) is 5.08. The van der Waals surface area contributed by atoms with E-state index in [0.717, 1.165) is 5.56 Å². The molecule has 0 aliphatic rings. The summed E-state index contributed by atoms with van der Waals surface area (Å²) < 4.78 is 1.42. The van der Waals surface area contributed by atoms with E-state index in [9.17, 15) is 14.9 Å². The topological polar surface area (TPSA) is 77.2 Å². The Kier molecular flexibility index (Phi) is 4.28. The summed E-state index contributed by atoms with van der Waals surface area (Å²) in [6, 6.07) is 8.14. The van der Waals surface area contributed by atoms with Crippen LogP contribution in [0.1, 0.15) is 29.0 Å². The Labute approximate surface area is 126 Å². The Hall–Kier alpha value is -2.34. The lowest BCUT2D eigenvalue weighted by molar-refractivity contribution is -0.384. The fourth-order valence-corrected chi connectivity index (χ4v) is 2.35. The molecule has 0 saturated carbocycles. The average Bonchev–Trinajstić information content (AvgIpc) is 2.81. The summed E-state index contributed by atoms with van der Waals surface area (Å²) in [5.74, 6) is -0.391. The van der Waals surface area contributed by atoms with Crippen LogP contribution >= 0.6 is 11.6 Å². The number of aromatic nitrogens is 1. The molecule has 1 heterocycles. The monoisotopic (exact) mass is 307 g/mol. The zero-order valence-corrected chi connectivity index (χ0v) is 12.3. The molecule has 0 aliphatic heterocycles. The number of benzene rings is 1. The van der Waals surface area contributed by atoms with Crippen molar-refractivity contribution < 1.29 is 9.72 Å². The number of carbonyl (C=O) groups is 1. The highest BCUT2D eigenvalue weighted by atomic mass is 35.5. The van der Waals surface area contributed by atoms with Crippen molar-refractivity contribution in [3.05, 3.63) is 62.9 Å². The van der Waals surface area contributed by atoms with E-state index in [0.29, 0.717) is 5.02 Å². The molecule has 0 aliphatic carbocycles. The first-order valence-corrected chi connectivity index (χ1v) is 6.64. The molecule has 110 valence electrons. The third-order valence-electron chi connectivity index (χ3n) is 3.15. The third-order valence-corrected chi connectivity index (χ3v) is 3.50. The number of rotatable bonds is 4. The van der Waals surface area contributed by atoms with Gasteiger partial charge in [0.2, 0.25) is 0 Å². The summed E-state index contributed by atoms with van der Waals surface area (Å²) in [5, 5.41) is 14.1. The minimum atomic E-state index is -0.533. The van der Waals surface area contributed by atoms with Gasteiger partial charge in [0.05, 0.1) is 17.2 Å². The molecule has 0 fully saturated rings. The minimum Gasteiger partial charge on any atom is -0.344 e. The molecule has 0 spiro atoms. The van der Waals surface area contributed by atoms with E-state index in [1.165, 1.54) is 16.8 Å². The molecule has 2 aromatic rings. The Balaban J connectivity index is 2.18. The van der Waals surface area contributed by atoms with Crippen LogP contribution in [0.5, 0.6) is 0 Å². The van der Waals surface area contributed by atoms with Gasteiger partial charge in [-0.1, -0.05) is 29.8 Å². The van der Waals surface area contributed by atoms with Gasteiger partial charge in [0.1, 0.15) is 5.69 Å². The van der Waals surface area contributed by atoms with Crippen LogP contribution in [-0.4, -0.2) is 15.4 Å². The minimum absolute atomic E-state index is 0.118. The molecule has 1 amide bonds. The van der Waals surface area contributed by atoms with Crippen LogP contribution in [0.25, 0.3) is 0 Å². The molecule has 6 nitrogen and oxygen atoms in total. The summed E-state index contributed by atoms with van der Waals surface area (Å²) in [4.78, 5) is 22.4. The van der Waals surface area contributed by atoms with Crippen LogP contribution < -0.4 is 5.32 Å². The van der Waals surface area contributed by atoms with Crippen molar-refractivity contribution in [2.75, 3.05) is 0 Å². The largest absolute Gasteiger partial charge is 0.344 e. The fraction of sp³-hybridized carbons (Fsp3) is 0.214. The highest BCUT2D eigenvalue weighted by molar-refractivity contribution is 6.31. The molecule has 0 radical (unpaired) electrons. The molecule has 1 aromatic carbocycles. The Morgan fingerprint density at radius 3 is 2.67 bits per heavy atom. The predicted molar refractivity (Wildman–Crippen MR) is 79.4 cm³/mol. The number of carbonyl (C=O) groups excluding carboxylic acids is 1. The number of hydrogen-bond acceptors (Lipinski definition) is 3. The lowest BCUT2D eigenvalue weighted by Crippen LogP contribution is -2.28. The lowest BCUT2D eigenvalue weighted by Gasteiger charge is -2.15. The van der Waals surface area contributed by atoms with E-state index in [-0.39, 0.29) is 17.4 Å². The lowest BCUT2D eigenvalue weighted by atomic mass is 10.1. The summed E-state index contributed by atoms with van der Waals surface area (Å²) in [6.07, 6.45) is 1.30. The smallest absolute Gasteiger partial charge is 0.287 e. The number of nitro groups is 1. The number of halogens is 1. The predicted octanol–water partition coefficient (Wildman–Crippen LogP) is 3.08. The Bertz CT molecular complexity index is 697. The highest BCUT2D eigenvalue weighted by Crippen LogP contribution is 2.23. The van der Waals surface area contributed by atoms with E-state index in [1.54, 1.807) is 26.1 Å². The quantitative estimate of drug-likeness (QED) is 0.696. The van der Waals surface area contributed by atoms with Crippen LogP contribution in [0.3, 0.4) is 0 Å². The van der Waals surface area contributed by atoms with Gasteiger partial charge < -0.3 is 9.88 Å². The van der Waals surface area contributed by atoms with E-state index in [4.69, 9.17) is 11.6 Å². The first-order chi connectivity index (χ1) is 9.90. The highest BCUT2D eigenvalue weighted by Gasteiger charge is 2.20. The van der Waals surface area contributed by atoms with Crippen molar-refractivity contribution >= 4 is 23.2 Å². The first kappa shape index (κ1) is 15.1. The average molecular weight is 308 g/mol. The maximum Gasteiger partial charge on any atom is 0.287 e. The van der Waals surface area contributed by atoms with E-state index in [2.05, 4.69) is 5.32 Å². The summed E-state index contributed by atoms with van der Waals surface area (Å²) >= 11 is 6.08. The van der Waals surface area contributed by atoms with Crippen molar-refractivity contribution in [2.45, 2.75) is 13.0 Å². The Morgan fingerprint density at radius 1 is 1.43 bits per heavy atom. The van der Waals surface area contributed by atoms with Gasteiger partial charge in [-0.2, -0.15) is 0 Å². The molecule has 0 bridgehead atoms. The number of nitrogens with zero attached hydrogens (tertiary/aromatic N) is 2. The molecule has 0 saturated heterocycles. The van der Waals surface area contributed by atoms with Gasteiger partial charge in [0.25, 0.3) is 11.6 Å². The molecule has 1 N–H and O–H groups in total. The van der Waals surface area contributed by atoms with Gasteiger partial charge in [0, 0.05) is 18.1 Å². The molecule has 7 heteroatoms. The maximum atomic E-state index is 12.2. The van der Waals surface area contributed by atoms with Crippen LogP contribution in [0.2, 0.25) is 5.02 Å². The zero-order valence-electron chi connectivity index (χ0n) is 11.5. The maximum absolute atomic E-state index is 12.2. The molecule has 1 unspecified atom stereocenters. The molecular weight excluding hydrogens is 294 g/mol. The first-order valence-electron chi connectivity index (χ1n) is 6.26. The van der Waals surface area contributed by atoms with Gasteiger partial charge in [-0.25, -0.2) is 0 Å².